The molecule has 3 amide bonds. The van der Waals surface area contributed by atoms with Gasteiger partial charge in [-0.3, -0.25) is 24.1 Å². The van der Waals surface area contributed by atoms with Crippen LogP contribution in [0.25, 0.3) is 0 Å². The Morgan fingerprint density at radius 3 is 2.57 bits per heavy atom. The summed E-state index contributed by atoms with van der Waals surface area (Å²) in [5.41, 5.74) is -1.16. The Labute approximate surface area is 121 Å². The van der Waals surface area contributed by atoms with Gasteiger partial charge >= 0.3 is 5.97 Å². The standard InChI is InChI=1S/C13H18N2O6/c1-13(12(19)20)7-21-6-8(13)14-9(16)4-5-15-10(17)2-3-11(15)18/h8H,2-7H2,1H3,(H,14,16)(H,19,20). The maximum atomic E-state index is 11.9. The molecule has 0 aromatic carbocycles. The zero-order valence-corrected chi connectivity index (χ0v) is 11.8. The van der Waals surface area contributed by atoms with Crippen LogP contribution in [0.2, 0.25) is 0 Å². The van der Waals surface area contributed by atoms with Gasteiger partial charge in [0.25, 0.3) is 0 Å². The van der Waals surface area contributed by atoms with E-state index >= 15 is 0 Å². The molecule has 8 heteroatoms. The average molecular weight is 298 g/mol. The summed E-state index contributed by atoms with van der Waals surface area (Å²) >= 11 is 0. The van der Waals surface area contributed by atoms with Crippen molar-refractivity contribution in [3.63, 3.8) is 0 Å². The third kappa shape index (κ3) is 3.05. The molecule has 2 aliphatic rings. The normalized spacial score (nSPS) is 29.0. The Morgan fingerprint density at radius 1 is 1.38 bits per heavy atom. The molecule has 2 rings (SSSR count). The number of nitrogens with one attached hydrogen (secondary N) is 1. The van der Waals surface area contributed by atoms with Crippen LogP contribution in [0.15, 0.2) is 0 Å². The van der Waals surface area contributed by atoms with Crippen molar-refractivity contribution in [1.82, 2.24) is 10.2 Å². The molecule has 0 bridgehead atoms. The van der Waals surface area contributed by atoms with Crippen molar-refractivity contribution >= 4 is 23.7 Å². The fourth-order valence-electron chi connectivity index (χ4n) is 2.44. The lowest BCUT2D eigenvalue weighted by atomic mass is 9.85. The minimum Gasteiger partial charge on any atom is -0.481 e. The van der Waals surface area contributed by atoms with Crippen molar-refractivity contribution in [3.05, 3.63) is 0 Å². The summed E-state index contributed by atoms with van der Waals surface area (Å²) < 4.78 is 5.13. The van der Waals surface area contributed by atoms with Gasteiger partial charge in [0.1, 0.15) is 5.41 Å². The first-order valence-electron chi connectivity index (χ1n) is 6.78. The molecule has 0 aromatic rings. The van der Waals surface area contributed by atoms with E-state index in [1.807, 2.05) is 0 Å². The van der Waals surface area contributed by atoms with Gasteiger partial charge in [-0.1, -0.05) is 0 Å². The summed E-state index contributed by atoms with van der Waals surface area (Å²) in [4.78, 5) is 47.0. The number of carbonyl (C=O) groups excluding carboxylic acids is 3. The maximum absolute atomic E-state index is 11.9. The largest absolute Gasteiger partial charge is 0.481 e. The van der Waals surface area contributed by atoms with Gasteiger partial charge in [0.2, 0.25) is 17.7 Å². The molecule has 2 N–H and O–H groups in total. The van der Waals surface area contributed by atoms with Crippen LogP contribution < -0.4 is 5.32 Å². The fourth-order valence-corrected chi connectivity index (χ4v) is 2.44. The van der Waals surface area contributed by atoms with E-state index < -0.39 is 23.3 Å². The van der Waals surface area contributed by atoms with Crippen molar-refractivity contribution < 1.29 is 29.0 Å². The second-order valence-corrected chi connectivity index (χ2v) is 5.55. The van der Waals surface area contributed by atoms with Crippen molar-refractivity contribution in [2.75, 3.05) is 19.8 Å². The molecule has 2 unspecified atom stereocenters. The SMILES string of the molecule is CC1(C(=O)O)COCC1NC(=O)CCN1C(=O)CCC1=O. The number of aliphatic carboxylic acids is 1. The van der Waals surface area contributed by atoms with E-state index in [1.165, 1.54) is 6.92 Å². The Bertz CT molecular complexity index is 475. The summed E-state index contributed by atoms with van der Waals surface area (Å²) in [6, 6.07) is -0.618. The van der Waals surface area contributed by atoms with Crippen molar-refractivity contribution in [2.24, 2.45) is 5.41 Å². The summed E-state index contributed by atoms with van der Waals surface area (Å²) in [5, 5.41) is 11.8. The monoisotopic (exact) mass is 298 g/mol. The van der Waals surface area contributed by atoms with E-state index in [9.17, 15) is 24.3 Å². The lowest BCUT2D eigenvalue weighted by Gasteiger charge is -2.25. The number of likely N-dealkylation sites (tertiary alicyclic amines) is 1. The number of nitrogens with zero attached hydrogens (tertiary/aromatic N) is 1. The Kier molecular flexibility index (Phi) is 4.26. The van der Waals surface area contributed by atoms with Gasteiger partial charge in [0.05, 0.1) is 19.3 Å². The molecule has 0 aliphatic carbocycles. The highest BCUT2D eigenvalue weighted by atomic mass is 16.5. The van der Waals surface area contributed by atoms with E-state index in [4.69, 9.17) is 4.74 Å². The van der Waals surface area contributed by atoms with Gasteiger partial charge in [-0.25, -0.2) is 0 Å². The van der Waals surface area contributed by atoms with Gasteiger partial charge in [-0.2, -0.15) is 0 Å². The van der Waals surface area contributed by atoms with Gasteiger partial charge in [-0.15, -0.1) is 0 Å². The molecular weight excluding hydrogens is 280 g/mol. The molecule has 8 nitrogen and oxygen atoms in total. The summed E-state index contributed by atoms with van der Waals surface area (Å²) in [5.74, 6) is -1.97. The first kappa shape index (κ1) is 15.4. The Balaban J connectivity index is 1.86. The first-order valence-corrected chi connectivity index (χ1v) is 6.78. The summed E-state index contributed by atoms with van der Waals surface area (Å²) in [6.07, 6.45) is 0.339. The van der Waals surface area contributed by atoms with Crippen LogP contribution in [0.3, 0.4) is 0 Å². The molecule has 0 radical (unpaired) electrons. The molecule has 0 spiro atoms. The first-order chi connectivity index (χ1) is 9.84. The van der Waals surface area contributed by atoms with E-state index in [2.05, 4.69) is 5.32 Å². The number of rotatable bonds is 5. The van der Waals surface area contributed by atoms with E-state index in [0.717, 1.165) is 4.90 Å². The van der Waals surface area contributed by atoms with Crippen molar-refractivity contribution in [3.8, 4) is 0 Å². The van der Waals surface area contributed by atoms with Gasteiger partial charge < -0.3 is 15.2 Å². The van der Waals surface area contributed by atoms with Crippen molar-refractivity contribution in [1.29, 1.82) is 0 Å². The Morgan fingerprint density at radius 2 is 2.00 bits per heavy atom. The second kappa shape index (κ2) is 5.80. The lowest BCUT2D eigenvalue weighted by Crippen LogP contribution is -2.50. The van der Waals surface area contributed by atoms with Gasteiger partial charge in [-0.05, 0) is 6.92 Å². The number of ether oxygens (including phenoxy) is 1. The third-order valence-corrected chi connectivity index (χ3v) is 4.00. The van der Waals surface area contributed by atoms with Crippen LogP contribution in [0.4, 0.5) is 0 Å². The zero-order valence-electron chi connectivity index (χ0n) is 11.8. The van der Waals surface area contributed by atoms with Gasteiger partial charge in [0, 0.05) is 25.8 Å². The minimum atomic E-state index is -1.16. The Hall–Kier alpha value is -1.96. The van der Waals surface area contributed by atoms with E-state index in [1.54, 1.807) is 0 Å². The van der Waals surface area contributed by atoms with Crippen LogP contribution in [-0.4, -0.2) is 59.5 Å². The molecule has 2 fully saturated rings. The maximum Gasteiger partial charge on any atom is 0.313 e. The molecule has 0 saturated carbocycles. The molecule has 2 aliphatic heterocycles. The molecule has 116 valence electrons. The number of imide groups is 1. The highest BCUT2D eigenvalue weighted by molar-refractivity contribution is 6.02. The molecular formula is C13H18N2O6. The number of carboxylic acid groups (broad SMARTS) is 1. The number of carboxylic acids is 1. The lowest BCUT2D eigenvalue weighted by molar-refractivity contribution is -0.149. The number of hydrogen-bond acceptors (Lipinski definition) is 5. The van der Waals surface area contributed by atoms with E-state index in [-0.39, 0.29) is 50.8 Å². The van der Waals surface area contributed by atoms with Crippen molar-refractivity contribution in [2.45, 2.75) is 32.2 Å². The highest BCUT2D eigenvalue weighted by Gasteiger charge is 2.47. The summed E-state index contributed by atoms with van der Waals surface area (Å²) in [6.45, 7) is 1.72. The van der Waals surface area contributed by atoms with Crippen LogP contribution >= 0.6 is 0 Å². The van der Waals surface area contributed by atoms with Crippen LogP contribution in [0, 0.1) is 5.41 Å². The minimum absolute atomic E-state index is 0.0286. The molecule has 2 heterocycles. The molecule has 0 aromatic heterocycles. The average Bonchev–Trinajstić information content (AvgIpc) is 2.93. The van der Waals surface area contributed by atoms with Crippen LogP contribution in [0.5, 0.6) is 0 Å². The van der Waals surface area contributed by atoms with Crippen LogP contribution in [0.1, 0.15) is 26.2 Å². The zero-order chi connectivity index (χ0) is 15.6. The number of amides is 3. The molecule has 2 saturated heterocycles. The molecule has 2 atom stereocenters. The van der Waals surface area contributed by atoms with Gasteiger partial charge in [0.15, 0.2) is 0 Å². The highest BCUT2D eigenvalue weighted by Crippen LogP contribution is 2.28. The predicted molar refractivity (Wildman–Crippen MR) is 69.1 cm³/mol. The topological polar surface area (TPSA) is 113 Å². The molecule has 21 heavy (non-hydrogen) atoms. The smallest absolute Gasteiger partial charge is 0.313 e. The predicted octanol–water partition coefficient (Wildman–Crippen LogP) is -0.869. The summed E-state index contributed by atoms with van der Waals surface area (Å²) in [7, 11) is 0. The quantitative estimate of drug-likeness (QED) is 0.638. The van der Waals surface area contributed by atoms with E-state index in [0.29, 0.717) is 0 Å². The number of carbonyl (C=O) groups is 4. The fraction of sp³-hybridized carbons (Fsp3) is 0.692. The number of hydrogen-bond donors (Lipinski definition) is 2. The van der Waals surface area contributed by atoms with Crippen LogP contribution in [-0.2, 0) is 23.9 Å². The second-order valence-electron chi connectivity index (χ2n) is 5.55. The third-order valence-electron chi connectivity index (χ3n) is 4.00.